The van der Waals surface area contributed by atoms with Gasteiger partial charge in [-0.1, -0.05) is 28.9 Å². The molecule has 11 heteroatoms. The van der Waals surface area contributed by atoms with Crippen LogP contribution in [0.3, 0.4) is 0 Å². The quantitative estimate of drug-likeness (QED) is 0.604. The van der Waals surface area contributed by atoms with Crippen LogP contribution < -0.4 is 5.32 Å². The Bertz CT molecular complexity index is 1040. The number of nitrogens with zero attached hydrogens (tertiary/aromatic N) is 4. The van der Waals surface area contributed by atoms with E-state index in [0.717, 1.165) is 23.5 Å². The van der Waals surface area contributed by atoms with Crippen molar-refractivity contribution in [3.05, 3.63) is 52.1 Å². The van der Waals surface area contributed by atoms with E-state index in [9.17, 15) is 18.0 Å². The summed E-state index contributed by atoms with van der Waals surface area (Å²) >= 11 is 6.15. The van der Waals surface area contributed by atoms with Gasteiger partial charge in [-0.3, -0.25) is 9.48 Å². The van der Waals surface area contributed by atoms with E-state index in [-0.39, 0.29) is 17.8 Å². The minimum absolute atomic E-state index is 0.00175. The topological polar surface area (TPSA) is 85.8 Å². The van der Waals surface area contributed by atoms with Crippen LogP contribution in [0.5, 0.6) is 0 Å². The van der Waals surface area contributed by atoms with Crippen molar-refractivity contribution in [2.45, 2.75) is 39.4 Å². The number of nitrogens with one attached hydrogen (secondary N) is 1. The van der Waals surface area contributed by atoms with Gasteiger partial charge in [0.25, 0.3) is 0 Å². The van der Waals surface area contributed by atoms with Gasteiger partial charge in [-0.25, -0.2) is 0 Å². The maximum Gasteiger partial charge on any atom is 0.416 e. The fourth-order valence-electron chi connectivity index (χ4n) is 2.91. The molecule has 0 saturated heterocycles. The van der Waals surface area contributed by atoms with E-state index in [0.29, 0.717) is 23.6 Å². The maximum atomic E-state index is 12.6. The summed E-state index contributed by atoms with van der Waals surface area (Å²) in [6.45, 7) is 5.98. The van der Waals surface area contributed by atoms with Crippen molar-refractivity contribution in [1.29, 1.82) is 0 Å². The first-order valence-electron chi connectivity index (χ1n) is 9.08. The predicted molar refractivity (Wildman–Crippen MR) is 103 cm³/mol. The molecule has 1 aromatic carbocycles. The molecule has 160 valence electrons. The number of aromatic nitrogens is 4. The Morgan fingerprint density at radius 2 is 1.93 bits per heavy atom. The molecule has 3 rings (SSSR count). The first-order valence-corrected chi connectivity index (χ1v) is 9.46. The standard InChI is InChI=1S/C19H19ClF3N5O2/c1-10(28-12(3)15(20)11(2)26-28)8-9-24-17(29)18-25-16(27-30-18)13-4-6-14(7-5-13)19(21,22)23/h4-7,10H,8-9H2,1-3H3,(H,24,29)/t10-/m0/s1. The number of benzene rings is 1. The molecule has 0 radical (unpaired) electrons. The number of hydrogen-bond donors (Lipinski definition) is 1. The first-order chi connectivity index (χ1) is 14.1. The zero-order valence-electron chi connectivity index (χ0n) is 16.4. The fourth-order valence-corrected chi connectivity index (χ4v) is 3.03. The summed E-state index contributed by atoms with van der Waals surface area (Å²) in [5.74, 6) is -0.814. The van der Waals surface area contributed by atoms with Crippen LogP contribution in [0, 0.1) is 13.8 Å². The highest BCUT2D eigenvalue weighted by Crippen LogP contribution is 2.30. The molecule has 1 amide bonds. The highest BCUT2D eigenvalue weighted by Gasteiger charge is 2.30. The molecule has 0 unspecified atom stereocenters. The van der Waals surface area contributed by atoms with Gasteiger partial charge in [0.15, 0.2) is 0 Å². The van der Waals surface area contributed by atoms with Gasteiger partial charge in [-0.05, 0) is 39.3 Å². The largest absolute Gasteiger partial charge is 0.416 e. The van der Waals surface area contributed by atoms with Gasteiger partial charge in [0.05, 0.1) is 28.0 Å². The fraction of sp³-hybridized carbons (Fsp3) is 0.368. The number of halogens is 4. The smallest absolute Gasteiger partial charge is 0.348 e. The maximum absolute atomic E-state index is 12.6. The lowest BCUT2D eigenvalue weighted by atomic mass is 10.1. The van der Waals surface area contributed by atoms with Crippen molar-refractivity contribution < 1.29 is 22.5 Å². The molecule has 0 fully saturated rings. The Kier molecular flexibility index (Phi) is 6.16. The van der Waals surface area contributed by atoms with Crippen molar-refractivity contribution in [1.82, 2.24) is 25.2 Å². The number of amides is 1. The highest BCUT2D eigenvalue weighted by molar-refractivity contribution is 6.31. The second-order valence-electron chi connectivity index (χ2n) is 6.82. The van der Waals surface area contributed by atoms with Gasteiger partial charge >= 0.3 is 18.0 Å². The number of hydrogen-bond acceptors (Lipinski definition) is 5. The summed E-state index contributed by atoms with van der Waals surface area (Å²) in [7, 11) is 0. The van der Waals surface area contributed by atoms with Crippen LogP contribution in [-0.4, -0.2) is 32.4 Å². The summed E-state index contributed by atoms with van der Waals surface area (Å²) in [6.07, 6.45) is -3.85. The molecule has 3 aromatic rings. The molecule has 0 bridgehead atoms. The second-order valence-corrected chi connectivity index (χ2v) is 7.20. The first kappa shape index (κ1) is 21.8. The Morgan fingerprint density at radius 1 is 1.27 bits per heavy atom. The molecule has 2 aromatic heterocycles. The minimum atomic E-state index is -4.43. The molecule has 0 aliphatic carbocycles. The third-order valence-corrected chi connectivity index (χ3v) is 5.14. The van der Waals surface area contributed by atoms with Gasteiger partial charge in [0, 0.05) is 12.1 Å². The average molecular weight is 442 g/mol. The molecule has 7 nitrogen and oxygen atoms in total. The Balaban J connectivity index is 1.58. The molecule has 0 aliphatic heterocycles. The lowest BCUT2D eigenvalue weighted by Crippen LogP contribution is -2.26. The Morgan fingerprint density at radius 3 is 2.50 bits per heavy atom. The van der Waals surface area contributed by atoms with E-state index in [2.05, 4.69) is 20.6 Å². The monoisotopic (exact) mass is 441 g/mol. The van der Waals surface area contributed by atoms with E-state index in [1.54, 1.807) is 4.68 Å². The van der Waals surface area contributed by atoms with E-state index >= 15 is 0 Å². The van der Waals surface area contributed by atoms with E-state index in [1.165, 1.54) is 12.1 Å². The SMILES string of the molecule is Cc1nn([C@@H](C)CCNC(=O)c2nc(-c3ccc(C(F)(F)F)cc3)no2)c(C)c1Cl. The van der Waals surface area contributed by atoms with E-state index < -0.39 is 17.6 Å². The van der Waals surface area contributed by atoms with Crippen molar-refractivity contribution in [3.8, 4) is 11.4 Å². The molecule has 2 heterocycles. The molecular weight excluding hydrogens is 423 g/mol. The van der Waals surface area contributed by atoms with Crippen LogP contribution in [0.1, 0.15) is 47.0 Å². The summed E-state index contributed by atoms with van der Waals surface area (Å²) in [6, 6.07) is 4.27. The molecule has 1 N–H and O–H groups in total. The highest BCUT2D eigenvalue weighted by atomic mass is 35.5. The van der Waals surface area contributed by atoms with Gasteiger partial charge < -0.3 is 9.84 Å². The van der Waals surface area contributed by atoms with E-state index in [4.69, 9.17) is 16.1 Å². The summed E-state index contributed by atoms with van der Waals surface area (Å²) in [5, 5.41) is 11.3. The summed E-state index contributed by atoms with van der Waals surface area (Å²) in [4.78, 5) is 16.2. The molecule has 1 atom stereocenters. The van der Waals surface area contributed by atoms with Crippen LogP contribution >= 0.6 is 11.6 Å². The zero-order chi connectivity index (χ0) is 22.1. The zero-order valence-corrected chi connectivity index (χ0v) is 17.2. The number of alkyl halides is 3. The van der Waals surface area contributed by atoms with Crippen LogP contribution in [-0.2, 0) is 6.18 Å². The normalized spacial score (nSPS) is 12.8. The average Bonchev–Trinajstić information content (AvgIpc) is 3.29. The van der Waals surface area contributed by atoms with Crippen molar-refractivity contribution in [3.63, 3.8) is 0 Å². The third kappa shape index (κ3) is 4.64. The van der Waals surface area contributed by atoms with Crippen LogP contribution in [0.2, 0.25) is 5.02 Å². The van der Waals surface area contributed by atoms with Crippen LogP contribution in [0.25, 0.3) is 11.4 Å². The Labute approximate surface area is 175 Å². The van der Waals surface area contributed by atoms with Crippen molar-refractivity contribution in [2.75, 3.05) is 6.54 Å². The van der Waals surface area contributed by atoms with Gasteiger partial charge in [-0.2, -0.15) is 23.3 Å². The summed E-state index contributed by atoms with van der Waals surface area (Å²) in [5.41, 5.74) is 1.12. The molecule has 0 aliphatic rings. The number of carbonyl (C=O) groups is 1. The lowest BCUT2D eigenvalue weighted by Gasteiger charge is -2.14. The van der Waals surface area contributed by atoms with Crippen LogP contribution in [0.4, 0.5) is 13.2 Å². The number of carbonyl (C=O) groups excluding carboxylic acids is 1. The number of rotatable bonds is 6. The minimum Gasteiger partial charge on any atom is -0.348 e. The molecule has 0 spiro atoms. The third-order valence-electron chi connectivity index (χ3n) is 4.59. The van der Waals surface area contributed by atoms with Gasteiger partial charge in [0.1, 0.15) is 0 Å². The van der Waals surface area contributed by atoms with Crippen molar-refractivity contribution in [2.24, 2.45) is 0 Å². The molecule has 30 heavy (non-hydrogen) atoms. The summed E-state index contributed by atoms with van der Waals surface area (Å²) < 4.78 is 44.7. The second kappa shape index (κ2) is 8.47. The van der Waals surface area contributed by atoms with Crippen molar-refractivity contribution >= 4 is 17.5 Å². The lowest BCUT2D eigenvalue weighted by molar-refractivity contribution is -0.137. The van der Waals surface area contributed by atoms with Gasteiger partial charge in [-0.15, -0.1) is 0 Å². The van der Waals surface area contributed by atoms with Gasteiger partial charge in [0.2, 0.25) is 5.82 Å². The molecular formula is C19H19ClF3N5O2. The molecule has 0 saturated carbocycles. The Hall–Kier alpha value is -2.88. The van der Waals surface area contributed by atoms with Crippen LogP contribution in [0.15, 0.2) is 28.8 Å². The predicted octanol–water partition coefficient (Wildman–Crippen LogP) is 4.60. The number of aryl methyl sites for hydroxylation is 1. The van der Waals surface area contributed by atoms with E-state index in [1.807, 2.05) is 20.8 Å².